The molecule has 148 valence electrons. The Hall–Kier alpha value is -3.73. The van der Waals surface area contributed by atoms with Gasteiger partial charge in [-0.05, 0) is 24.3 Å². The van der Waals surface area contributed by atoms with Crippen LogP contribution in [-0.4, -0.2) is 28.6 Å². The van der Waals surface area contributed by atoms with Crippen molar-refractivity contribution in [2.24, 2.45) is 0 Å². The van der Waals surface area contributed by atoms with Gasteiger partial charge in [0.25, 0.3) is 5.56 Å². The van der Waals surface area contributed by atoms with Gasteiger partial charge >= 0.3 is 0 Å². The molecule has 0 aliphatic rings. The van der Waals surface area contributed by atoms with Crippen LogP contribution in [0.4, 0.5) is 8.78 Å². The van der Waals surface area contributed by atoms with Gasteiger partial charge in [-0.3, -0.25) is 14.2 Å². The molecule has 8 heteroatoms. The molecule has 1 aromatic heterocycles. The molecule has 1 N–H and O–H groups in total. The van der Waals surface area contributed by atoms with Gasteiger partial charge < -0.3 is 10.1 Å². The summed E-state index contributed by atoms with van der Waals surface area (Å²) in [7, 11) is 0. The molecule has 0 saturated carbocycles. The van der Waals surface area contributed by atoms with E-state index in [0.29, 0.717) is 10.9 Å². The highest BCUT2D eigenvalue weighted by Gasteiger charge is 2.06. The minimum Gasteiger partial charge on any atom is -0.478 e. The predicted molar refractivity (Wildman–Crippen MR) is 103 cm³/mol. The SMILES string of the molecule is O=C(CCn1cnc2ccccc2c1=O)NCC#CCOc1ccc(F)cc1F. The fourth-order valence-corrected chi connectivity index (χ4v) is 2.54. The summed E-state index contributed by atoms with van der Waals surface area (Å²) in [4.78, 5) is 28.4. The first-order valence-electron chi connectivity index (χ1n) is 8.79. The maximum Gasteiger partial charge on any atom is 0.261 e. The molecule has 0 unspecified atom stereocenters. The predicted octanol–water partition coefficient (Wildman–Crippen LogP) is 2.26. The third-order valence-corrected chi connectivity index (χ3v) is 4.00. The van der Waals surface area contributed by atoms with Crippen molar-refractivity contribution in [3.8, 4) is 17.6 Å². The van der Waals surface area contributed by atoms with Crippen LogP contribution >= 0.6 is 0 Å². The number of nitrogens with zero attached hydrogens (tertiary/aromatic N) is 2. The molecule has 0 atom stereocenters. The number of carbonyl (C=O) groups excluding carboxylic acids is 1. The zero-order valence-corrected chi connectivity index (χ0v) is 15.3. The lowest BCUT2D eigenvalue weighted by molar-refractivity contribution is -0.121. The molecule has 0 spiro atoms. The average molecular weight is 397 g/mol. The number of fused-ring (bicyclic) bond motifs is 1. The number of aryl methyl sites for hydroxylation is 1. The van der Waals surface area contributed by atoms with Crippen molar-refractivity contribution in [3.05, 3.63) is 70.8 Å². The minimum absolute atomic E-state index is 0.0823. The number of hydrogen-bond donors (Lipinski definition) is 1. The van der Waals surface area contributed by atoms with Crippen molar-refractivity contribution in [3.63, 3.8) is 0 Å². The number of halogens is 2. The Kier molecular flexibility index (Phi) is 6.53. The first-order valence-corrected chi connectivity index (χ1v) is 8.79. The number of rotatable bonds is 6. The number of ether oxygens (including phenoxy) is 1. The van der Waals surface area contributed by atoms with E-state index in [9.17, 15) is 18.4 Å². The topological polar surface area (TPSA) is 73.2 Å². The molecule has 0 saturated heterocycles. The highest BCUT2D eigenvalue weighted by Crippen LogP contribution is 2.17. The van der Waals surface area contributed by atoms with Crippen molar-refractivity contribution >= 4 is 16.8 Å². The van der Waals surface area contributed by atoms with Gasteiger partial charge in [0.15, 0.2) is 11.6 Å². The summed E-state index contributed by atoms with van der Waals surface area (Å²) in [5.41, 5.74) is 0.407. The monoisotopic (exact) mass is 397 g/mol. The van der Waals surface area contributed by atoms with E-state index >= 15 is 0 Å². The van der Waals surface area contributed by atoms with Crippen LogP contribution < -0.4 is 15.6 Å². The third-order valence-electron chi connectivity index (χ3n) is 4.00. The molecule has 1 heterocycles. The van der Waals surface area contributed by atoms with E-state index < -0.39 is 11.6 Å². The van der Waals surface area contributed by atoms with Crippen molar-refractivity contribution in [1.29, 1.82) is 0 Å². The lowest BCUT2D eigenvalue weighted by Gasteiger charge is -2.06. The van der Waals surface area contributed by atoms with Gasteiger partial charge in [0.1, 0.15) is 12.4 Å². The second-order valence-corrected chi connectivity index (χ2v) is 6.00. The van der Waals surface area contributed by atoms with Crippen LogP contribution in [0.1, 0.15) is 6.42 Å². The highest BCUT2D eigenvalue weighted by atomic mass is 19.1. The molecule has 0 aliphatic carbocycles. The van der Waals surface area contributed by atoms with Crippen LogP contribution in [-0.2, 0) is 11.3 Å². The fourth-order valence-electron chi connectivity index (χ4n) is 2.54. The van der Waals surface area contributed by atoms with E-state index in [-0.39, 0.29) is 43.3 Å². The number of amides is 1. The van der Waals surface area contributed by atoms with E-state index in [1.165, 1.54) is 17.0 Å². The molecule has 6 nitrogen and oxygen atoms in total. The molecule has 29 heavy (non-hydrogen) atoms. The molecule has 0 bridgehead atoms. The largest absolute Gasteiger partial charge is 0.478 e. The maximum atomic E-state index is 13.4. The van der Waals surface area contributed by atoms with Crippen molar-refractivity contribution in [2.45, 2.75) is 13.0 Å². The van der Waals surface area contributed by atoms with Crippen LogP contribution in [0, 0.1) is 23.5 Å². The Morgan fingerprint density at radius 2 is 2.00 bits per heavy atom. The van der Waals surface area contributed by atoms with Crippen LogP contribution in [0.15, 0.2) is 53.6 Å². The van der Waals surface area contributed by atoms with Gasteiger partial charge in [-0.15, -0.1) is 0 Å². The number of aromatic nitrogens is 2. The number of para-hydroxylation sites is 1. The van der Waals surface area contributed by atoms with Crippen molar-refractivity contribution in [2.75, 3.05) is 13.2 Å². The normalized spacial score (nSPS) is 10.3. The standard InChI is InChI=1S/C21H17F2N3O3/c22-15-7-8-19(17(23)13-15)29-12-4-3-10-24-20(27)9-11-26-14-25-18-6-2-1-5-16(18)21(26)28/h1-2,5-8,13-14H,9-12H2,(H,24,27). The molecular formula is C21H17F2N3O3. The Bertz CT molecular complexity index is 1150. The molecule has 1 amide bonds. The summed E-state index contributed by atoms with van der Waals surface area (Å²) in [5, 5.41) is 3.10. The Morgan fingerprint density at radius 1 is 1.17 bits per heavy atom. The van der Waals surface area contributed by atoms with E-state index in [1.54, 1.807) is 24.3 Å². The zero-order valence-electron chi connectivity index (χ0n) is 15.3. The van der Waals surface area contributed by atoms with Crippen LogP contribution in [0.25, 0.3) is 10.9 Å². The van der Waals surface area contributed by atoms with Gasteiger partial charge in [-0.25, -0.2) is 13.8 Å². The number of nitrogens with one attached hydrogen (secondary N) is 1. The summed E-state index contributed by atoms with van der Waals surface area (Å²) in [5.74, 6) is 3.42. The van der Waals surface area contributed by atoms with Crippen molar-refractivity contribution in [1.82, 2.24) is 14.9 Å². The first kappa shape index (κ1) is 20.0. The number of carbonyl (C=O) groups is 1. The maximum absolute atomic E-state index is 13.4. The number of hydrogen-bond acceptors (Lipinski definition) is 4. The smallest absolute Gasteiger partial charge is 0.261 e. The van der Waals surface area contributed by atoms with Gasteiger partial charge in [0.2, 0.25) is 5.91 Å². The number of benzene rings is 2. The average Bonchev–Trinajstić information content (AvgIpc) is 2.71. The second kappa shape index (κ2) is 9.46. The quantitative estimate of drug-likeness (QED) is 0.648. The third kappa shape index (κ3) is 5.39. The fraction of sp³-hybridized carbons (Fsp3) is 0.190. The van der Waals surface area contributed by atoms with E-state index in [1.807, 2.05) is 0 Å². The molecule has 0 fully saturated rings. The van der Waals surface area contributed by atoms with Gasteiger partial charge in [0, 0.05) is 19.0 Å². The van der Waals surface area contributed by atoms with Crippen LogP contribution in [0.3, 0.4) is 0 Å². The first-order chi connectivity index (χ1) is 14.0. The lowest BCUT2D eigenvalue weighted by atomic mass is 10.2. The summed E-state index contributed by atoms with van der Waals surface area (Å²) in [6.45, 7) is 0.179. The molecule has 3 aromatic rings. The molecule has 0 aliphatic heterocycles. The highest BCUT2D eigenvalue weighted by molar-refractivity contribution is 5.77. The lowest BCUT2D eigenvalue weighted by Crippen LogP contribution is -2.27. The van der Waals surface area contributed by atoms with E-state index in [4.69, 9.17) is 4.74 Å². The zero-order chi connectivity index (χ0) is 20.6. The van der Waals surface area contributed by atoms with E-state index in [0.717, 1.165) is 12.1 Å². The molecular weight excluding hydrogens is 380 g/mol. The second-order valence-electron chi connectivity index (χ2n) is 6.00. The van der Waals surface area contributed by atoms with Crippen LogP contribution in [0.2, 0.25) is 0 Å². The summed E-state index contributed by atoms with van der Waals surface area (Å²) >= 11 is 0. The van der Waals surface area contributed by atoms with Gasteiger partial charge in [-0.1, -0.05) is 24.0 Å². The Morgan fingerprint density at radius 3 is 2.83 bits per heavy atom. The Labute approximate surface area is 165 Å². The van der Waals surface area contributed by atoms with Gasteiger partial charge in [0.05, 0.1) is 23.8 Å². The summed E-state index contributed by atoms with van der Waals surface area (Å²) in [6.07, 6.45) is 1.52. The minimum atomic E-state index is -0.807. The Balaban J connectivity index is 1.42. The summed E-state index contributed by atoms with van der Waals surface area (Å²) in [6, 6.07) is 9.99. The van der Waals surface area contributed by atoms with Crippen LogP contribution in [0.5, 0.6) is 5.75 Å². The van der Waals surface area contributed by atoms with E-state index in [2.05, 4.69) is 22.1 Å². The van der Waals surface area contributed by atoms with Gasteiger partial charge in [-0.2, -0.15) is 0 Å². The molecule has 2 aromatic carbocycles. The van der Waals surface area contributed by atoms with Crippen molar-refractivity contribution < 1.29 is 18.3 Å². The molecule has 0 radical (unpaired) electrons. The summed E-state index contributed by atoms with van der Waals surface area (Å²) < 4.78 is 32.6. The molecule has 3 rings (SSSR count).